The van der Waals surface area contributed by atoms with Gasteiger partial charge in [-0.25, -0.2) is 0 Å². The number of hydrogen-bond acceptors (Lipinski definition) is 3. The lowest BCUT2D eigenvalue weighted by Gasteiger charge is -2.36. The largest absolute Gasteiger partial charge is 0.372 e. The topological polar surface area (TPSA) is 55.6 Å². The summed E-state index contributed by atoms with van der Waals surface area (Å²) in [5, 5.41) is 0. The third-order valence-electron chi connectivity index (χ3n) is 2.65. The summed E-state index contributed by atoms with van der Waals surface area (Å²) < 4.78 is 5.57. The first-order valence-corrected chi connectivity index (χ1v) is 5.74. The quantitative estimate of drug-likeness (QED) is 0.754. The first-order chi connectivity index (χ1) is 7.04. The summed E-state index contributed by atoms with van der Waals surface area (Å²) >= 11 is 0. The van der Waals surface area contributed by atoms with Crippen LogP contribution in [0.1, 0.15) is 33.6 Å². The van der Waals surface area contributed by atoms with Crippen LogP contribution in [-0.2, 0) is 9.53 Å². The number of nitrogens with zero attached hydrogens (tertiary/aromatic N) is 1. The minimum absolute atomic E-state index is 0.0684. The fourth-order valence-corrected chi connectivity index (χ4v) is 2.03. The van der Waals surface area contributed by atoms with Crippen molar-refractivity contribution in [3.8, 4) is 0 Å². The molecule has 4 heteroatoms. The Hall–Kier alpha value is -0.610. The Kier molecular flexibility index (Phi) is 4.54. The highest BCUT2D eigenvalue weighted by atomic mass is 16.5. The summed E-state index contributed by atoms with van der Waals surface area (Å²) in [6.45, 7) is 7.35. The Balaban J connectivity index is 2.51. The number of rotatable bonds is 3. The van der Waals surface area contributed by atoms with Crippen molar-refractivity contribution in [1.82, 2.24) is 4.90 Å². The van der Waals surface area contributed by atoms with Gasteiger partial charge in [-0.2, -0.15) is 0 Å². The van der Waals surface area contributed by atoms with Gasteiger partial charge in [0.05, 0.1) is 18.2 Å². The van der Waals surface area contributed by atoms with Crippen molar-refractivity contribution < 1.29 is 9.53 Å². The molecule has 0 bridgehead atoms. The predicted molar refractivity (Wildman–Crippen MR) is 59.5 cm³/mol. The van der Waals surface area contributed by atoms with Gasteiger partial charge < -0.3 is 15.4 Å². The highest BCUT2D eigenvalue weighted by molar-refractivity contribution is 5.81. The van der Waals surface area contributed by atoms with Crippen molar-refractivity contribution in [2.75, 3.05) is 13.1 Å². The molecule has 1 heterocycles. The molecule has 15 heavy (non-hydrogen) atoms. The van der Waals surface area contributed by atoms with Crippen LogP contribution in [-0.4, -0.2) is 42.1 Å². The van der Waals surface area contributed by atoms with E-state index in [0.29, 0.717) is 13.1 Å². The SMILES string of the molecule is CCCC(N)C(=O)N1C[C@@H](C)O[C@@H](C)C1. The Morgan fingerprint density at radius 1 is 1.47 bits per heavy atom. The van der Waals surface area contributed by atoms with Crippen LogP contribution < -0.4 is 5.73 Å². The molecular formula is C11H22N2O2. The lowest BCUT2D eigenvalue weighted by Crippen LogP contribution is -2.53. The maximum Gasteiger partial charge on any atom is 0.239 e. The number of hydrogen-bond donors (Lipinski definition) is 1. The normalized spacial score (nSPS) is 28.9. The van der Waals surface area contributed by atoms with E-state index in [1.54, 1.807) is 0 Å². The molecule has 4 nitrogen and oxygen atoms in total. The van der Waals surface area contributed by atoms with Crippen LogP contribution in [0, 0.1) is 0 Å². The molecule has 1 amide bonds. The van der Waals surface area contributed by atoms with Gasteiger partial charge in [0.15, 0.2) is 0 Å². The van der Waals surface area contributed by atoms with Crippen LogP contribution in [0.3, 0.4) is 0 Å². The Morgan fingerprint density at radius 3 is 2.47 bits per heavy atom. The minimum Gasteiger partial charge on any atom is -0.372 e. The molecule has 3 atom stereocenters. The van der Waals surface area contributed by atoms with Gasteiger partial charge in [-0.05, 0) is 20.3 Å². The zero-order valence-corrected chi connectivity index (χ0v) is 9.90. The molecule has 1 fully saturated rings. The maximum atomic E-state index is 11.9. The average Bonchev–Trinajstić information content (AvgIpc) is 2.15. The van der Waals surface area contributed by atoms with Crippen LogP contribution in [0.2, 0.25) is 0 Å². The number of carbonyl (C=O) groups is 1. The Labute approximate surface area is 91.8 Å². The van der Waals surface area contributed by atoms with Gasteiger partial charge in [0.1, 0.15) is 0 Å². The van der Waals surface area contributed by atoms with E-state index < -0.39 is 0 Å². The number of morpholine rings is 1. The van der Waals surface area contributed by atoms with Crippen LogP contribution in [0.4, 0.5) is 0 Å². The lowest BCUT2D eigenvalue weighted by molar-refractivity contribution is -0.144. The third-order valence-corrected chi connectivity index (χ3v) is 2.65. The van der Waals surface area contributed by atoms with E-state index in [4.69, 9.17) is 10.5 Å². The average molecular weight is 214 g/mol. The molecule has 0 aromatic heterocycles. The van der Waals surface area contributed by atoms with Crippen molar-refractivity contribution >= 4 is 5.91 Å². The second kappa shape index (κ2) is 5.47. The van der Waals surface area contributed by atoms with Crippen molar-refractivity contribution in [2.24, 2.45) is 5.73 Å². The van der Waals surface area contributed by atoms with E-state index in [1.807, 2.05) is 25.7 Å². The summed E-state index contributed by atoms with van der Waals surface area (Å²) in [6.07, 6.45) is 1.94. The number of nitrogens with two attached hydrogens (primary N) is 1. The van der Waals surface area contributed by atoms with Crippen molar-refractivity contribution in [3.05, 3.63) is 0 Å². The van der Waals surface area contributed by atoms with Gasteiger partial charge in [0.2, 0.25) is 5.91 Å². The molecule has 2 N–H and O–H groups in total. The van der Waals surface area contributed by atoms with Gasteiger partial charge in [-0.3, -0.25) is 4.79 Å². The molecule has 0 aromatic carbocycles. The molecule has 0 aliphatic carbocycles. The molecular weight excluding hydrogens is 192 g/mol. The smallest absolute Gasteiger partial charge is 0.239 e. The number of ether oxygens (including phenoxy) is 1. The monoisotopic (exact) mass is 214 g/mol. The molecule has 0 spiro atoms. The highest BCUT2D eigenvalue weighted by Gasteiger charge is 2.28. The lowest BCUT2D eigenvalue weighted by atomic mass is 10.1. The van der Waals surface area contributed by atoms with Crippen LogP contribution in [0.5, 0.6) is 0 Å². The zero-order valence-electron chi connectivity index (χ0n) is 9.90. The fourth-order valence-electron chi connectivity index (χ4n) is 2.03. The summed E-state index contributed by atoms with van der Waals surface area (Å²) in [7, 11) is 0. The minimum atomic E-state index is -0.340. The molecule has 1 aliphatic rings. The fraction of sp³-hybridized carbons (Fsp3) is 0.909. The van der Waals surface area contributed by atoms with E-state index in [2.05, 4.69) is 0 Å². The van der Waals surface area contributed by atoms with Crippen molar-refractivity contribution in [3.63, 3.8) is 0 Å². The predicted octanol–water partition coefficient (Wildman–Crippen LogP) is 0.750. The zero-order chi connectivity index (χ0) is 11.4. The Bertz CT molecular complexity index is 211. The van der Waals surface area contributed by atoms with Gasteiger partial charge in [-0.1, -0.05) is 13.3 Å². The van der Waals surface area contributed by atoms with Crippen LogP contribution in [0.25, 0.3) is 0 Å². The van der Waals surface area contributed by atoms with E-state index in [-0.39, 0.29) is 24.2 Å². The second-order valence-electron chi connectivity index (χ2n) is 4.40. The first-order valence-electron chi connectivity index (χ1n) is 5.74. The van der Waals surface area contributed by atoms with Gasteiger partial charge in [0.25, 0.3) is 0 Å². The molecule has 0 saturated carbocycles. The first kappa shape index (κ1) is 12.5. The third kappa shape index (κ3) is 3.47. The van der Waals surface area contributed by atoms with E-state index in [0.717, 1.165) is 12.8 Å². The van der Waals surface area contributed by atoms with E-state index in [9.17, 15) is 4.79 Å². The molecule has 1 saturated heterocycles. The summed E-state index contributed by atoms with van der Waals surface area (Å²) in [5.41, 5.74) is 5.82. The van der Waals surface area contributed by atoms with Crippen LogP contribution >= 0.6 is 0 Å². The Morgan fingerprint density at radius 2 is 2.00 bits per heavy atom. The standard InChI is InChI=1S/C11H22N2O2/c1-4-5-10(12)11(14)13-6-8(2)15-9(3)7-13/h8-10H,4-7,12H2,1-3H3/t8-,9+,10?. The van der Waals surface area contributed by atoms with Gasteiger partial charge >= 0.3 is 0 Å². The molecule has 1 unspecified atom stereocenters. The van der Waals surface area contributed by atoms with Crippen molar-refractivity contribution in [2.45, 2.75) is 51.9 Å². The van der Waals surface area contributed by atoms with Crippen molar-refractivity contribution in [1.29, 1.82) is 0 Å². The van der Waals surface area contributed by atoms with E-state index in [1.165, 1.54) is 0 Å². The van der Waals surface area contributed by atoms with Gasteiger partial charge in [0, 0.05) is 13.1 Å². The van der Waals surface area contributed by atoms with Gasteiger partial charge in [-0.15, -0.1) is 0 Å². The number of amides is 1. The maximum absolute atomic E-state index is 11.9. The molecule has 0 aromatic rings. The number of carbonyl (C=O) groups excluding carboxylic acids is 1. The summed E-state index contributed by atoms with van der Waals surface area (Å²) in [6, 6.07) is -0.340. The summed E-state index contributed by atoms with van der Waals surface area (Å²) in [4.78, 5) is 13.8. The highest BCUT2D eigenvalue weighted by Crippen LogP contribution is 2.12. The van der Waals surface area contributed by atoms with Crippen LogP contribution in [0.15, 0.2) is 0 Å². The van der Waals surface area contributed by atoms with E-state index >= 15 is 0 Å². The molecule has 1 aliphatic heterocycles. The molecule has 0 radical (unpaired) electrons. The summed E-state index contributed by atoms with van der Waals surface area (Å²) in [5.74, 6) is 0.0684. The molecule has 88 valence electrons. The second-order valence-corrected chi connectivity index (χ2v) is 4.40. The molecule has 1 rings (SSSR count).